The number of carbonyl (C=O) groups is 1. The third-order valence-electron chi connectivity index (χ3n) is 4.39. The number of esters is 1. The van der Waals surface area contributed by atoms with Gasteiger partial charge in [0.1, 0.15) is 18.6 Å². The van der Waals surface area contributed by atoms with Crippen LogP contribution in [-0.4, -0.2) is 31.7 Å². The van der Waals surface area contributed by atoms with Gasteiger partial charge in [0.25, 0.3) is 0 Å². The van der Waals surface area contributed by atoms with Crippen molar-refractivity contribution in [3.05, 3.63) is 71.8 Å². The first-order valence-electron chi connectivity index (χ1n) is 8.79. The van der Waals surface area contributed by atoms with E-state index in [9.17, 15) is 4.79 Å². The molecule has 3 heteroatoms. The SMILES string of the molecule is CC[NH+](CC)C[C@@H](C)OC(=O)C(c1ccccc1)c1ccccc1. The molecule has 2 rings (SSSR count). The molecule has 0 fully saturated rings. The molecule has 0 aliphatic rings. The van der Waals surface area contributed by atoms with Gasteiger partial charge in [-0.15, -0.1) is 0 Å². The average Bonchev–Trinajstić information content (AvgIpc) is 2.61. The molecule has 0 aliphatic carbocycles. The van der Waals surface area contributed by atoms with E-state index in [2.05, 4.69) is 13.8 Å². The van der Waals surface area contributed by atoms with E-state index in [0.29, 0.717) is 0 Å². The normalized spacial score (nSPS) is 12.4. The van der Waals surface area contributed by atoms with Gasteiger partial charge < -0.3 is 9.64 Å². The summed E-state index contributed by atoms with van der Waals surface area (Å²) < 4.78 is 5.80. The fourth-order valence-electron chi connectivity index (χ4n) is 3.01. The third-order valence-corrected chi connectivity index (χ3v) is 4.39. The molecule has 1 atom stereocenters. The monoisotopic (exact) mass is 326 g/mol. The highest BCUT2D eigenvalue weighted by atomic mass is 16.5. The number of hydrogen-bond acceptors (Lipinski definition) is 2. The number of benzene rings is 2. The molecule has 0 aliphatic heterocycles. The fourth-order valence-corrected chi connectivity index (χ4v) is 3.01. The van der Waals surface area contributed by atoms with Gasteiger partial charge in [-0.3, -0.25) is 4.79 Å². The van der Waals surface area contributed by atoms with Crippen LogP contribution in [0.1, 0.15) is 37.8 Å². The predicted octanol–water partition coefficient (Wildman–Crippen LogP) is 2.67. The lowest BCUT2D eigenvalue weighted by Gasteiger charge is -2.23. The zero-order valence-electron chi connectivity index (χ0n) is 14.9. The van der Waals surface area contributed by atoms with Crippen LogP contribution in [0.3, 0.4) is 0 Å². The zero-order valence-corrected chi connectivity index (χ0v) is 14.9. The number of quaternary nitrogens is 1. The van der Waals surface area contributed by atoms with Gasteiger partial charge in [0.05, 0.1) is 13.1 Å². The van der Waals surface area contributed by atoms with Crippen molar-refractivity contribution in [3.8, 4) is 0 Å². The Bertz CT molecular complexity index is 569. The molecule has 0 bridgehead atoms. The summed E-state index contributed by atoms with van der Waals surface area (Å²) in [5, 5.41) is 0. The van der Waals surface area contributed by atoms with E-state index >= 15 is 0 Å². The molecule has 0 saturated heterocycles. The molecule has 0 unspecified atom stereocenters. The zero-order chi connectivity index (χ0) is 17.4. The maximum absolute atomic E-state index is 12.9. The Hall–Kier alpha value is -2.13. The molecular weight excluding hydrogens is 298 g/mol. The number of ether oxygens (including phenoxy) is 1. The van der Waals surface area contributed by atoms with Crippen LogP contribution >= 0.6 is 0 Å². The van der Waals surface area contributed by atoms with Gasteiger partial charge in [-0.1, -0.05) is 60.7 Å². The highest BCUT2D eigenvalue weighted by Crippen LogP contribution is 2.26. The number of likely N-dealkylation sites (N-methyl/N-ethyl adjacent to an activating group) is 1. The van der Waals surface area contributed by atoms with Gasteiger partial charge in [0.15, 0.2) is 0 Å². The molecule has 0 spiro atoms. The van der Waals surface area contributed by atoms with E-state index in [0.717, 1.165) is 30.8 Å². The lowest BCUT2D eigenvalue weighted by molar-refractivity contribution is -0.899. The van der Waals surface area contributed by atoms with Crippen molar-refractivity contribution >= 4 is 5.97 Å². The summed E-state index contributed by atoms with van der Waals surface area (Å²) in [6, 6.07) is 19.7. The first-order chi connectivity index (χ1) is 11.7. The minimum atomic E-state index is -0.374. The molecule has 0 radical (unpaired) electrons. The number of nitrogens with one attached hydrogen (secondary N) is 1. The molecule has 1 N–H and O–H groups in total. The summed E-state index contributed by atoms with van der Waals surface area (Å²) in [5.41, 5.74) is 1.94. The van der Waals surface area contributed by atoms with Gasteiger partial charge in [-0.05, 0) is 31.9 Å². The molecule has 0 amide bonds. The van der Waals surface area contributed by atoms with Crippen LogP contribution in [0.15, 0.2) is 60.7 Å². The average molecular weight is 326 g/mol. The standard InChI is InChI=1S/C21H27NO2/c1-4-22(5-2)16-17(3)24-21(23)20(18-12-8-6-9-13-18)19-14-10-7-11-15-19/h6-15,17,20H,4-5,16H2,1-3H3/p+1/t17-/m1/s1. The lowest BCUT2D eigenvalue weighted by atomic mass is 9.91. The van der Waals surface area contributed by atoms with Crippen molar-refractivity contribution in [2.24, 2.45) is 0 Å². The predicted molar refractivity (Wildman–Crippen MR) is 97.2 cm³/mol. The van der Waals surface area contributed by atoms with Gasteiger partial charge in [-0.2, -0.15) is 0 Å². The van der Waals surface area contributed by atoms with Crippen molar-refractivity contribution in [3.63, 3.8) is 0 Å². The van der Waals surface area contributed by atoms with Crippen molar-refractivity contribution in [2.75, 3.05) is 19.6 Å². The van der Waals surface area contributed by atoms with Crippen LogP contribution in [0, 0.1) is 0 Å². The maximum Gasteiger partial charge on any atom is 0.318 e. The Kier molecular flexibility index (Phi) is 7.01. The van der Waals surface area contributed by atoms with Crippen molar-refractivity contribution < 1.29 is 14.4 Å². The Morgan fingerprint density at radius 3 is 1.79 bits per heavy atom. The summed E-state index contributed by atoms with van der Waals surface area (Å²) >= 11 is 0. The summed E-state index contributed by atoms with van der Waals surface area (Å²) in [6.07, 6.45) is -0.0951. The molecular formula is C21H28NO2+. The van der Waals surface area contributed by atoms with E-state index in [1.165, 1.54) is 4.90 Å². The molecule has 0 heterocycles. The second kappa shape index (κ2) is 9.24. The van der Waals surface area contributed by atoms with Gasteiger partial charge >= 0.3 is 5.97 Å². The van der Waals surface area contributed by atoms with Crippen molar-refractivity contribution in [1.82, 2.24) is 0 Å². The molecule has 128 valence electrons. The first kappa shape index (κ1) is 18.2. The van der Waals surface area contributed by atoms with E-state index in [1.54, 1.807) is 0 Å². The Labute approximate surface area is 145 Å². The van der Waals surface area contributed by atoms with E-state index in [1.807, 2.05) is 67.6 Å². The molecule has 2 aromatic carbocycles. The van der Waals surface area contributed by atoms with Crippen LogP contribution in [-0.2, 0) is 9.53 Å². The van der Waals surface area contributed by atoms with Crippen molar-refractivity contribution in [1.29, 1.82) is 0 Å². The number of hydrogen-bond donors (Lipinski definition) is 1. The van der Waals surface area contributed by atoms with Crippen LogP contribution in [0.25, 0.3) is 0 Å². The quantitative estimate of drug-likeness (QED) is 0.756. The van der Waals surface area contributed by atoms with Gasteiger partial charge in [0.2, 0.25) is 0 Å². The Morgan fingerprint density at radius 1 is 0.917 bits per heavy atom. The summed E-state index contributed by atoms with van der Waals surface area (Å²) in [4.78, 5) is 14.3. The Balaban J connectivity index is 2.17. The van der Waals surface area contributed by atoms with E-state index in [4.69, 9.17) is 4.74 Å². The molecule has 3 nitrogen and oxygen atoms in total. The topological polar surface area (TPSA) is 30.7 Å². The largest absolute Gasteiger partial charge is 0.456 e. The minimum absolute atomic E-state index is 0.0951. The van der Waals surface area contributed by atoms with Crippen LogP contribution in [0.5, 0.6) is 0 Å². The second-order valence-electron chi connectivity index (χ2n) is 6.16. The van der Waals surface area contributed by atoms with Gasteiger partial charge in [0, 0.05) is 0 Å². The summed E-state index contributed by atoms with van der Waals surface area (Å²) in [5.74, 6) is -0.548. The van der Waals surface area contributed by atoms with E-state index in [-0.39, 0.29) is 18.0 Å². The maximum atomic E-state index is 12.9. The fraction of sp³-hybridized carbons (Fsp3) is 0.381. The van der Waals surface area contributed by atoms with Gasteiger partial charge in [-0.25, -0.2) is 0 Å². The number of rotatable bonds is 8. The number of carbonyl (C=O) groups excluding carboxylic acids is 1. The Morgan fingerprint density at radius 2 is 1.38 bits per heavy atom. The third kappa shape index (κ3) is 4.93. The molecule has 0 saturated carbocycles. The smallest absolute Gasteiger partial charge is 0.318 e. The van der Waals surface area contributed by atoms with Crippen LogP contribution in [0.4, 0.5) is 0 Å². The van der Waals surface area contributed by atoms with Crippen LogP contribution < -0.4 is 4.90 Å². The summed E-state index contributed by atoms with van der Waals surface area (Å²) in [6.45, 7) is 9.22. The van der Waals surface area contributed by atoms with Crippen molar-refractivity contribution in [2.45, 2.75) is 32.8 Å². The highest BCUT2D eigenvalue weighted by molar-refractivity contribution is 5.82. The molecule has 2 aromatic rings. The lowest BCUT2D eigenvalue weighted by Crippen LogP contribution is -3.12. The second-order valence-corrected chi connectivity index (χ2v) is 6.16. The van der Waals surface area contributed by atoms with Crippen LogP contribution in [0.2, 0.25) is 0 Å². The minimum Gasteiger partial charge on any atom is -0.456 e. The first-order valence-corrected chi connectivity index (χ1v) is 8.79. The summed E-state index contributed by atoms with van der Waals surface area (Å²) in [7, 11) is 0. The molecule has 24 heavy (non-hydrogen) atoms. The highest BCUT2D eigenvalue weighted by Gasteiger charge is 2.26. The molecule has 0 aromatic heterocycles. The van der Waals surface area contributed by atoms with E-state index < -0.39 is 0 Å².